The van der Waals surface area contributed by atoms with E-state index in [0.717, 1.165) is 10.0 Å². The van der Waals surface area contributed by atoms with E-state index in [1.54, 1.807) is 0 Å². The quantitative estimate of drug-likeness (QED) is 0.349. The predicted octanol–water partition coefficient (Wildman–Crippen LogP) is 2.70. The number of benzene rings is 1. The molecule has 0 N–H and O–H groups in total. The zero-order valence-electron chi connectivity index (χ0n) is 7.53. The summed E-state index contributed by atoms with van der Waals surface area (Å²) in [6.07, 6.45) is 8.35. The van der Waals surface area contributed by atoms with Gasteiger partial charge < -0.3 is 4.84 Å². The Bertz CT molecular complexity index is 337. The lowest BCUT2D eigenvalue weighted by atomic mass is 10.2. The Hall–Kier alpha value is -1.27. The van der Waals surface area contributed by atoms with Crippen molar-refractivity contribution in [3.63, 3.8) is 0 Å². The summed E-state index contributed by atoms with van der Waals surface area (Å²) in [6.45, 7) is 0.431. The molecule has 0 aliphatic heterocycles. The Morgan fingerprint density at radius 1 is 1.36 bits per heavy atom. The van der Waals surface area contributed by atoms with Gasteiger partial charge in [-0.3, -0.25) is 0 Å². The van der Waals surface area contributed by atoms with Crippen molar-refractivity contribution >= 4 is 22.1 Å². The van der Waals surface area contributed by atoms with E-state index < -0.39 is 0 Å². The van der Waals surface area contributed by atoms with Crippen molar-refractivity contribution in [3.05, 3.63) is 34.3 Å². The van der Waals surface area contributed by atoms with Gasteiger partial charge in [-0.15, -0.1) is 12.3 Å². The maximum atomic E-state index is 5.04. The van der Waals surface area contributed by atoms with Gasteiger partial charge in [-0.25, -0.2) is 0 Å². The summed E-state index contributed by atoms with van der Waals surface area (Å²) in [7, 11) is 0. The summed E-state index contributed by atoms with van der Waals surface area (Å²) in [6, 6.07) is 7.61. The normalized spacial score (nSPS) is 10.0. The van der Waals surface area contributed by atoms with Crippen LogP contribution in [0.1, 0.15) is 12.0 Å². The highest BCUT2D eigenvalue weighted by Gasteiger charge is 1.88. The van der Waals surface area contributed by atoms with E-state index in [1.807, 2.05) is 24.3 Å². The van der Waals surface area contributed by atoms with Gasteiger partial charge in [-0.2, -0.15) is 0 Å². The Kier molecular flexibility index (Phi) is 4.81. The predicted molar refractivity (Wildman–Crippen MR) is 60.1 cm³/mol. The number of halogens is 1. The molecule has 0 aromatic heterocycles. The summed E-state index contributed by atoms with van der Waals surface area (Å²) in [5.74, 6) is 2.45. The van der Waals surface area contributed by atoms with Crippen LogP contribution in [0.25, 0.3) is 0 Å². The summed E-state index contributed by atoms with van der Waals surface area (Å²) in [4.78, 5) is 4.87. The molecular weight excluding hydrogens is 242 g/mol. The van der Waals surface area contributed by atoms with Crippen LogP contribution in [0.4, 0.5) is 0 Å². The second kappa shape index (κ2) is 6.22. The number of terminal acetylenes is 1. The van der Waals surface area contributed by atoms with Crippen LogP contribution in [0, 0.1) is 12.3 Å². The van der Waals surface area contributed by atoms with Crippen molar-refractivity contribution in [1.29, 1.82) is 0 Å². The molecule has 0 atom stereocenters. The van der Waals surface area contributed by atoms with Gasteiger partial charge in [-0.1, -0.05) is 33.2 Å². The molecule has 0 saturated carbocycles. The second-order valence-electron chi connectivity index (χ2n) is 2.50. The minimum Gasteiger partial charge on any atom is -0.394 e. The van der Waals surface area contributed by atoms with Crippen molar-refractivity contribution in [1.82, 2.24) is 0 Å². The maximum Gasteiger partial charge on any atom is 0.139 e. The van der Waals surface area contributed by atoms with Crippen molar-refractivity contribution in [3.8, 4) is 12.3 Å². The van der Waals surface area contributed by atoms with Crippen molar-refractivity contribution in [2.75, 3.05) is 6.61 Å². The van der Waals surface area contributed by atoms with Crippen LogP contribution in [-0.4, -0.2) is 12.8 Å². The van der Waals surface area contributed by atoms with E-state index in [0.29, 0.717) is 13.0 Å². The SMILES string of the molecule is C#CCCON=[C]c1ccc(Br)cc1. The molecule has 1 aromatic rings. The Balaban J connectivity index is 2.37. The second-order valence-corrected chi connectivity index (χ2v) is 3.41. The largest absolute Gasteiger partial charge is 0.394 e. The van der Waals surface area contributed by atoms with Gasteiger partial charge in [0.2, 0.25) is 0 Å². The molecule has 1 radical (unpaired) electrons. The summed E-state index contributed by atoms with van der Waals surface area (Å²) >= 11 is 3.34. The molecule has 0 spiro atoms. The molecule has 0 amide bonds. The van der Waals surface area contributed by atoms with E-state index in [9.17, 15) is 0 Å². The van der Waals surface area contributed by atoms with Gasteiger partial charge in [-0.05, 0) is 12.1 Å². The van der Waals surface area contributed by atoms with E-state index in [2.05, 4.69) is 33.2 Å². The Labute approximate surface area is 92.1 Å². The lowest BCUT2D eigenvalue weighted by Crippen LogP contribution is -1.87. The molecule has 2 nitrogen and oxygen atoms in total. The third-order valence-corrected chi connectivity index (χ3v) is 1.95. The van der Waals surface area contributed by atoms with Gasteiger partial charge >= 0.3 is 0 Å². The lowest BCUT2D eigenvalue weighted by molar-refractivity contribution is 0.152. The van der Waals surface area contributed by atoms with Crippen LogP contribution in [0.15, 0.2) is 33.9 Å². The van der Waals surface area contributed by atoms with Gasteiger partial charge in [0.25, 0.3) is 0 Å². The summed E-state index contributed by atoms with van der Waals surface area (Å²) < 4.78 is 1.02. The molecule has 0 fully saturated rings. The van der Waals surface area contributed by atoms with Gasteiger partial charge in [0.1, 0.15) is 12.8 Å². The van der Waals surface area contributed by atoms with Gasteiger partial charge in [0.05, 0.1) is 0 Å². The van der Waals surface area contributed by atoms with E-state index >= 15 is 0 Å². The molecule has 0 unspecified atom stereocenters. The summed E-state index contributed by atoms with van der Waals surface area (Å²) in [5.41, 5.74) is 0.869. The van der Waals surface area contributed by atoms with Crippen LogP contribution >= 0.6 is 15.9 Å². The van der Waals surface area contributed by atoms with Crippen LogP contribution in [-0.2, 0) is 4.84 Å². The van der Waals surface area contributed by atoms with Crippen LogP contribution in [0.2, 0.25) is 0 Å². The zero-order chi connectivity index (χ0) is 10.2. The number of hydrogen-bond donors (Lipinski definition) is 0. The first-order chi connectivity index (χ1) is 6.83. The third-order valence-electron chi connectivity index (χ3n) is 1.42. The molecule has 0 aliphatic carbocycles. The topological polar surface area (TPSA) is 21.6 Å². The van der Waals surface area contributed by atoms with E-state index in [1.165, 1.54) is 0 Å². The molecule has 14 heavy (non-hydrogen) atoms. The highest BCUT2D eigenvalue weighted by Crippen LogP contribution is 2.08. The molecule has 71 valence electrons. The fourth-order valence-corrected chi connectivity index (χ4v) is 1.02. The molecule has 0 heterocycles. The van der Waals surface area contributed by atoms with Crippen molar-refractivity contribution in [2.24, 2.45) is 5.16 Å². The lowest BCUT2D eigenvalue weighted by Gasteiger charge is -1.93. The molecule has 0 bridgehead atoms. The van der Waals surface area contributed by atoms with Gasteiger partial charge in [0, 0.05) is 16.5 Å². The van der Waals surface area contributed by atoms with Crippen LogP contribution in [0.5, 0.6) is 0 Å². The van der Waals surface area contributed by atoms with Crippen molar-refractivity contribution < 1.29 is 4.84 Å². The minimum atomic E-state index is 0.431. The first-order valence-electron chi connectivity index (χ1n) is 4.10. The molecule has 1 rings (SSSR count). The monoisotopic (exact) mass is 250 g/mol. The number of hydrogen-bond acceptors (Lipinski definition) is 2. The minimum absolute atomic E-state index is 0.431. The highest BCUT2D eigenvalue weighted by atomic mass is 79.9. The molecule has 3 heteroatoms. The molecule has 0 aliphatic rings. The highest BCUT2D eigenvalue weighted by molar-refractivity contribution is 9.10. The zero-order valence-corrected chi connectivity index (χ0v) is 9.12. The third kappa shape index (κ3) is 4.11. The van der Waals surface area contributed by atoms with E-state index in [4.69, 9.17) is 11.3 Å². The van der Waals surface area contributed by atoms with E-state index in [-0.39, 0.29) is 0 Å². The Morgan fingerprint density at radius 2 is 2.07 bits per heavy atom. The number of rotatable bonds is 4. The average molecular weight is 251 g/mol. The average Bonchev–Trinajstić information content (AvgIpc) is 2.21. The van der Waals surface area contributed by atoms with Crippen LogP contribution in [0.3, 0.4) is 0 Å². The first kappa shape index (κ1) is 10.8. The molecular formula is C11H9BrNO. The molecule has 1 aromatic carbocycles. The van der Waals surface area contributed by atoms with Gasteiger partial charge in [0.15, 0.2) is 0 Å². The van der Waals surface area contributed by atoms with Crippen LogP contribution < -0.4 is 0 Å². The fraction of sp³-hybridized carbons (Fsp3) is 0.182. The number of nitrogens with zero attached hydrogens (tertiary/aromatic N) is 1. The molecule has 0 saturated heterocycles. The fourth-order valence-electron chi connectivity index (χ4n) is 0.760. The Morgan fingerprint density at radius 3 is 2.71 bits per heavy atom. The first-order valence-corrected chi connectivity index (χ1v) is 4.89. The standard InChI is InChI=1S/C11H9BrNO/c1-2-3-8-14-13-9-10-4-6-11(12)7-5-10/h1,4-7H,3,8H2. The smallest absolute Gasteiger partial charge is 0.139 e. The summed E-state index contributed by atoms with van der Waals surface area (Å²) in [5, 5.41) is 3.65. The van der Waals surface area contributed by atoms with Crippen molar-refractivity contribution in [2.45, 2.75) is 6.42 Å². The maximum absolute atomic E-state index is 5.04.